The fourth-order valence-corrected chi connectivity index (χ4v) is 5.01. The van der Waals surface area contributed by atoms with Gasteiger partial charge in [0.25, 0.3) is 5.91 Å². The highest BCUT2D eigenvalue weighted by atomic mass is 16.5. The molecule has 2 aromatic carbocycles. The number of hydrogen-bond acceptors (Lipinski definition) is 7. The van der Waals surface area contributed by atoms with E-state index in [9.17, 15) is 9.59 Å². The summed E-state index contributed by atoms with van der Waals surface area (Å²) in [7, 11) is 1.64. The number of amides is 2. The fourth-order valence-electron chi connectivity index (χ4n) is 5.01. The number of hydrogen-bond donors (Lipinski definition) is 0. The van der Waals surface area contributed by atoms with E-state index in [-0.39, 0.29) is 24.5 Å². The molecule has 1 unspecified atom stereocenters. The molecule has 2 saturated heterocycles. The molecule has 0 N–H and O–H groups in total. The number of ether oxygens (including phenoxy) is 2. The van der Waals surface area contributed by atoms with Crippen molar-refractivity contribution in [3.63, 3.8) is 0 Å². The number of rotatable bonds is 8. The normalized spacial score (nSPS) is 17.2. The van der Waals surface area contributed by atoms with Gasteiger partial charge in [0, 0.05) is 50.5 Å². The quantitative estimate of drug-likeness (QED) is 0.442. The number of nitrogens with zero attached hydrogens (tertiary/aromatic N) is 5. The maximum absolute atomic E-state index is 13.3. The largest absolute Gasteiger partial charge is 0.497 e. The molecule has 1 aromatic heterocycles. The predicted molar refractivity (Wildman–Crippen MR) is 149 cm³/mol. The Hall–Kier alpha value is -3.98. The van der Waals surface area contributed by atoms with Crippen molar-refractivity contribution in [3.05, 3.63) is 71.8 Å². The first-order valence-corrected chi connectivity index (χ1v) is 13.5. The average Bonchev–Trinajstić information content (AvgIpc) is 3.50. The Morgan fingerprint density at radius 2 is 1.82 bits per heavy atom. The molecule has 2 aliphatic rings. The molecule has 204 valence electrons. The Morgan fingerprint density at radius 3 is 2.49 bits per heavy atom. The van der Waals surface area contributed by atoms with Crippen LogP contribution in [0.4, 0.5) is 5.82 Å². The third-order valence-electron chi connectivity index (χ3n) is 7.33. The second-order valence-electron chi connectivity index (χ2n) is 10.1. The molecule has 2 aliphatic heterocycles. The summed E-state index contributed by atoms with van der Waals surface area (Å²) in [4.78, 5) is 32.3. The summed E-state index contributed by atoms with van der Waals surface area (Å²) in [6, 6.07) is 19.1. The molecule has 9 heteroatoms. The van der Waals surface area contributed by atoms with Crippen LogP contribution in [0.1, 0.15) is 28.8 Å². The van der Waals surface area contributed by atoms with Crippen molar-refractivity contribution < 1.29 is 19.1 Å². The molecule has 5 rings (SSSR count). The molecule has 2 fully saturated rings. The van der Waals surface area contributed by atoms with Gasteiger partial charge >= 0.3 is 0 Å². The predicted octanol–water partition coefficient (Wildman–Crippen LogP) is 3.43. The smallest absolute Gasteiger partial charge is 0.254 e. The Morgan fingerprint density at radius 1 is 1.03 bits per heavy atom. The van der Waals surface area contributed by atoms with Gasteiger partial charge in [-0.2, -0.15) is 0 Å². The lowest BCUT2D eigenvalue weighted by molar-refractivity contribution is -0.132. The Kier molecular flexibility index (Phi) is 8.36. The third-order valence-corrected chi connectivity index (χ3v) is 7.33. The molecule has 0 saturated carbocycles. The van der Waals surface area contributed by atoms with E-state index in [1.54, 1.807) is 12.0 Å². The Labute approximate surface area is 229 Å². The van der Waals surface area contributed by atoms with Gasteiger partial charge in [0.05, 0.1) is 18.9 Å². The number of aryl methyl sites for hydroxylation is 1. The van der Waals surface area contributed by atoms with E-state index in [4.69, 9.17) is 9.47 Å². The Balaban J connectivity index is 1.19. The minimum Gasteiger partial charge on any atom is -0.497 e. The molecule has 0 radical (unpaired) electrons. The van der Waals surface area contributed by atoms with Crippen LogP contribution in [0.15, 0.2) is 60.7 Å². The van der Waals surface area contributed by atoms with Gasteiger partial charge in [-0.1, -0.05) is 29.8 Å². The first-order chi connectivity index (χ1) is 19.0. The standard InChI is InChI=1S/C30H35N5O4/c1-22-8-10-23(11-9-22)30(37)35(20-26-7-4-18-39-26)21-29(36)34-16-14-33(15-17-34)28-13-12-27(31-32-28)24-5-3-6-25(19-24)38-2/h3,5-6,8-13,19,26H,4,7,14-18,20-21H2,1-2H3. The highest BCUT2D eigenvalue weighted by Crippen LogP contribution is 2.23. The van der Waals surface area contributed by atoms with Gasteiger partial charge in [-0.05, 0) is 56.2 Å². The molecule has 0 bridgehead atoms. The van der Waals surface area contributed by atoms with E-state index in [2.05, 4.69) is 15.1 Å². The zero-order valence-corrected chi connectivity index (χ0v) is 22.6. The second kappa shape index (κ2) is 12.3. The second-order valence-corrected chi connectivity index (χ2v) is 10.1. The number of methoxy groups -OCH3 is 1. The zero-order valence-electron chi connectivity index (χ0n) is 22.6. The first kappa shape index (κ1) is 26.6. The average molecular weight is 530 g/mol. The van der Waals surface area contributed by atoms with Crippen LogP contribution >= 0.6 is 0 Å². The van der Waals surface area contributed by atoms with Crippen molar-refractivity contribution >= 4 is 17.6 Å². The first-order valence-electron chi connectivity index (χ1n) is 13.5. The van der Waals surface area contributed by atoms with Crippen LogP contribution < -0.4 is 9.64 Å². The van der Waals surface area contributed by atoms with Gasteiger partial charge in [-0.25, -0.2) is 0 Å². The third kappa shape index (κ3) is 6.54. The van der Waals surface area contributed by atoms with Crippen LogP contribution in [0, 0.1) is 6.92 Å². The van der Waals surface area contributed by atoms with Crippen LogP contribution in [-0.4, -0.2) is 90.9 Å². The van der Waals surface area contributed by atoms with Gasteiger partial charge in [0.1, 0.15) is 12.3 Å². The molecule has 3 heterocycles. The van der Waals surface area contributed by atoms with Gasteiger partial charge in [0.15, 0.2) is 5.82 Å². The molecular weight excluding hydrogens is 494 g/mol. The van der Waals surface area contributed by atoms with E-state index in [1.807, 2.05) is 72.5 Å². The summed E-state index contributed by atoms with van der Waals surface area (Å²) >= 11 is 0. The topological polar surface area (TPSA) is 88.1 Å². The molecular formula is C30H35N5O4. The lowest BCUT2D eigenvalue weighted by Crippen LogP contribution is -2.52. The molecule has 2 amide bonds. The number of piperazine rings is 1. The maximum Gasteiger partial charge on any atom is 0.254 e. The summed E-state index contributed by atoms with van der Waals surface area (Å²) in [6.07, 6.45) is 1.86. The van der Waals surface area contributed by atoms with Crippen LogP contribution in [-0.2, 0) is 9.53 Å². The zero-order chi connectivity index (χ0) is 27.2. The van der Waals surface area contributed by atoms with Crippen molar-refractivity contribution in [2.45, 2.75) is 25.9 Å². The molecule has 0 spiro atoms. The minimum atomic E-state index is -0.135. The van der Waals surface area contributed by atoms with Crippen LogP contribution in [0.25, 0.3) is 11.3 Å². The lowest BCUT2D eigenvalue weighted by Gasteiger charge is -2.36. The number of anilines is 1. The summed E-state index contributed by atoms with van der Waals surface area (Å²) < 4.78 is 11.1. The summed E-state index contributed by atoms with van der Waals surface area (Å²) in [5, 5.41) is 8.85. The highest BCUT2D eigenvalue weighted by Gasteiger charge is 2.28. The van der Waals surface area contributed by atoms with E-state index in [1.165, 1.54) is 0 Å². The number of carbonyl (C=O) groups is 2. The number of carbonyl (C=O) groups excluding carboxylic acids is 2. The summed E-state index contributed by atoms with van der Waals surface area (Å²) in [5.74, 6) is 1.37. The van der Waals surface area contributed by atoms with Crippen molar-refractivity contribution in [3.8, 4) is 17.0 Å². The van der Waals surface area contributed by atoms with Crippen LogP contribution in [0.5, 0.6) is 5.75 Å². The monoisotopic (exact) mass is 529 g/mol. The molecule has 9 nitrogen and oxygen atoms in total. The van der Waals surface area contributed by atoms with Gasteiger partial charge in [-0.3, -0.25) is 9.59 Å². The van der Waals surface area contributed by atoms with Crippen LogP contribution in [0.2, 0.25) is 0 Å². The van der Waals surface area contributed by atoms with E-state index in [0.29, 0.717) is 44.9 Å². The number of aromatic nitrogens is 2. The highest BCUT2D eigenvalue weighted by molar-refractivity contribution is 5.96. The van der Waals surface area contributed by atoms with Crippen molar-refractivity contribution in [1.29, 1.82) is 0 Å². The molecule has 39 heavy (non-hydrogen) atoms. The van der Waals surface area contributed by atoms with Crippen LogP contribution in [0.3, 0.4) is 0 Å². The fraction of sp³-hybridized carbons (Fsp3) is 0.400. The molecule has 1 atom stereocenters. The van der Waals surface area contributed by atoms with E-state index >= 15 is 0 Å². The van der Waals surface area contributed by atoms with E-state index in [0.717, 1.165) is 41.2 Å². The van der Waals surface area contributed by atoms with E-state index < -0.39 is 0 Å². The summed E-state index contributed by atoms with van der Waals surface area (Å²) in [6.45, 7) is 5.58. The molecule has 0 aliphatic carbocycles. The van der Waals surface area contributed by atoms with Gasteiger partial charge < -0.3 is 24.2 Å². The minimum absolute atomic E-state index is 0.0254. The SMILES string of the molecule is COc1cccc(-c2ccc(N3CCN(C(=O)CN(CC4CCCO4)C(=O)c4ccc(C)cc4)CC3)nn2)c1. The molecule has 3 aromatic rings. The van der Waals surface area contributed by atoms with Crippen molar-refractivity contribution in [2.75, 3.05) is 57.9 Å². The van der Waals surface area contributed by atoms with Gasteiger partial charge in [0.2, 0.25) is 5.91 Å². The number of benzene rings is 2. The summed E-state index contributed by atoms with van der Waals surface area (Å²) in [5.41, 5.74) is 3.39. The van der Waals surface area contributed by atoms with Crippen molar-refractivity contribution in [1.82, 2.24) is 20.0 Å². The maximum atomic E-state index is 13.3. The van der Waals surface area contributed by atoms with Gasteiger partial charge in [-0.15, -0.1) is 10.2 Å². The Bertz CT molecular complexity index is 1270. The van der Waals surface area contributed by atoms with Crippen molar-refractivity contribution in [2.24, 2.45) is 0 Å². The lowest BCUT2D eigenvalue weighted by atomic mass is 10.1.